The molecule has 0 aromatic heterocycles. The summed E-state index contributed by atoms with van der Waals surface area (Å²) in [6.45, 7) is 4.19. The molecule has 2 amide bonds. The summed E-state index contributed by atoms with van der Waals surface area (Å²) >= 11 is 0. The molecule has 4 rings (SSSR count). The first kappa shape index (κ1) is 29.9. The largest absolute Gasteiger partial charge is 0.486 e. The molecule has 3 aromatic rings. The van der Waals surface area contributed by atoms with Crippen molar-refractivity contribution in [2.24, 2.45) is 0 Å². The fourth-order valence-corrected chi connectivity index (χ4v) is 5.93. The molecule has 0 fully saturated rings. The Morgan fingerprint density at radius 3 is 2.29 bits per heavy atom. The van der Waals surface area contributed by atoms with Crippen molar-refractivity contribution in [3.63, 3.8) is 0 Å². The van der Waals surface area contributed by atoms with Crippen LogP contribution in [0.25, 0.3) is 0 Å². The minimum Gasteiger partial charge on any atom is -0.486 e. The van der Waals surface area contributed by atoms with Crippen LogP contribution in [0.4, 0.5) is 10.1 Å². The summed E-state index contributed by atoms with van der Waals surface area (Å²) in [5.41, 5.74) is 0.801. The summed E-state index contributed by atoms with van der Waals surface area (Å²) < 4.78 is 53.7. The van der Waals surface area contributed by atoms with Gasteiger partial charge >= 0.3 is 0 Å². The lowest BCUT2D eigenvalue weighted by atomic mass is 10.1. The van der Waals surface area contributed by atoms with Crippen LogP contribution in [0.3, 0.4) is 0 Å². The molecular weight excluding hydrogens is 549 g/mol. The van der Waals surface area contributed by atoms with Gasteiger partial charge in [-0.1, -0.05) is 44.2 Å². The third-order valence-corrected chi connectivity index (χ3v) is 8.41. The van der Waals surface area contributed by atoms with Crippen molar-refractivity contribution in [1.29, 1.82) is 0 Å². The Bertz CT molecular complexity index is 1450. The van der Waals surface area contributed by atoms with Crippen molar-refractivity contribution >= 4 is 27.5 Å². The van der Waals surface area contributed by atoms with E-state index >= 15 is 0 Å². The van der Waals surface area contributed by atoms with Crippen molar-refractivity contribution < 1.29 is 31.9 Å². The first-order chi connectivity index (χ1) is 19.7. The molecule has 1 atom stereocenters. The Balaban J connectivity index is 1.74. The van der Waals surface area contributed by atoms with E-state index in [4.69, 9.17) is 9.47 Å². The maximum absolute atomic E-state index is 14.1. The Labute approximate surface area is 239 Å². The van der Waals surface area contributed by atoms with Gasteiger partial charge in [0.2, 0.25) is 11.8 Å². The van der Waals surface area contributed by atoms with Crippen molar-refractivity contribution in [2.45, 2.75) is 44.2 Å². The number of fused-ring (bicyclic) bond motifs is 1. The number of halogens is 1. The summed E-state index contributed by atoms with van der Waals surface area (Å²) in [6, 6.07) is 17.2. The summed E-state index contributed by atoms with van der Waals surface area (Å²) in [7, 11) is -4.22. The Morgan fingerprint density at radius 2 is 1.63 bits per heavy atom. The lowest BCUT2D eigenvalue weighted by Gasteiger charge is -2.33. The Hall–Kier alpha value is -4.12. The monoisotopic (exact) mass is 583 g/mol. The molecule has 1 N–H and O–H groups in total. The van der Waals surface area contributed by atoms with Crippen LogP contribution in [-0.4, -0.2) is 57.5 Å². The van der Waals surface area contributed by atoms with Crippen molar-refractivity contribution in [2.75, 3.05) is 30.6 Å². The van der Waals surface area contributed by atoms with Crippen LogP contribution in [0.15, 0.2) is 77.7 Å². The molecule has 11 heteroatoms. The van der Waals surface area contributed by atoms with E-state index in [0.717, 1.165) is 4.31 Å². The van der Waals surface area contributed by atoms with E-state index in [9.17, 15) is 22.4 Å². The zero-order chi connectivity index (χ0) is 29.4. The van der Waals surface area contributed by atoms with E-state index in [1.54, 1.807) is 37.3 Å². The number of carbonyl (C=O) groups excluding carboxylic acids is 2. The number of rotatable bonds is 12. The molecule has 1 heterocycles. The molecule has 0 radical (unpaired) electrons. The molecule has 0 spiro atoms. The zero-order valence-corrected chi connectivity index (χ0v) is 23.9. The van der Waals surface area contributed by atoms with Crippen LogP contribution in [0.2, 0.25) is 0 Å². The van der Waals surface area contributed by atoms with Gasteiger partial charge in [0.25, 0.3) is 10.0 Å². The number of nitrogens with zero attached hydrogens (tertiary/aromatic N) is 2. The van der Waals surface area contributed by atoms with E-state index in [2.05, 4.69) is 5.32 Å². The third-order valence-electron chi connectivity index (χ3n) is 6.63. The van der Waals surface area contributed by atoms with E-state index in [0.29, 0.717) is 43.2 Å². The highest BCUT2D eigenvalue weighted by atomic mass is 32.2. The number of anilines is 1. The van der Waals surface area contributed by atoms with Gasteiger partial charge in [0.1, 0.15) is 31.6 Å². The zero-order valence-electron chi connectivity index (χ0n) is 23.1. The second-order valence-electron chi connectivity index (χ2n) is 9.52. The van der Waals surface area contributed by atoms with Gasteiger partial charge in [0, 0.05) is 19.2 Å². The number of hydrogen-bond acceptors (Lipinski definition) is 6. The van der Waals surface area contributed by atoms with Crippen LogP contribution < -0.4 is 19.1 Å². The third kappa shape index (κ3) is 7.15. The van der Waals surface area contributed by atoms with Crippen LogP contribution in [0, 0.1) is 5.82 Å². The standard InChI is InChI=1S/C30H34FN3O6S/c1-3-16-32-30(36)26(4-2)33(20-22-10-12-23(31)13-11-22)29(35)21-34(41(37,38)25-8-6-5-7-9-25)24-14-15-27-28(19-24)40-18-17-39-27/h5-15,19,26H,3-4,16-18,20-21H2,1-2H3,(H,32,36). The minimum absolute atomic E-state index is 0.000467. The number of carbonyl (C=O) groups is 2. The molecule has 0 bridgehead atoms. The van der Waals surface area contributed by atoms with Gasteiger partial charge in [0.15, 0.2) is 11.5 Å². The molecule has 218 valence electrons. The topological polar surface area (TPSA) is 105 Å². The molecule has 0 saturated heterocycles. The van der Waals surface area contributed by atoms with Crippen molar-refractivity contribution in [3.8, 4) is 11.5 Å². The number of nitrogens with one attached hydrogen (secondary N) is 1. The van der Waals surface area contributed by atoms with Crippen LogP contribution in [0.1, 0.15) is 32.3 Å². The molecule has 1 aliphatic rings. The van der Waals surface area contributed by atoms with Crippen molar-refractivity contribution in [3.05, 3.63) is 84.2 Å². The van der Waals surface area contributed by atoms with E-state index in [1.165, 1.54) is 47.4 Å². The number of benzene rings is 3. The SMILES string of the molecule is CCCNC(=O)C(CC)N(Cc1ccc(F)cc1)C(=O)CN(c1ccc2c(c1)OCCO2)S(=O)(=O)c1ccccc1. The lowest BCUT2D eigenvalue weighted by Crippen LogP contribution is -2.52. The highest BCUT2D eigenvalue weighted by molar-refractivity contribution is 7.92. The van der Waals surface area contributed by atoms with Crippen molar-refractivity contribution in [1.82, 2.24) is 10.2 Å². The fraction of sp³-hybridized carbons (Fsp3) is 0.333. The molecule has 0 saturated carbocycles. The van der Waals surface area contributed by atoms with E-state index in [1.807, 2.05) is 6.92 Å². The van der Waals surface area contributed by atoms with Crippen LogP contribution in [0.5, 0.6) is 11.5 Å². The molecular formula is C30H34FN3O6S. The first-order valence-electron chi connectivity index (χ1n) is 13.5. The fourth-order valence-electron chi connectivity index (χ4n) is 4.51. The molecule has 1 unspecified atom stereocenters. The predicted molar refractivity (Wildman–Crippen MR) is 153 cm³/mol. The average Bonchev–Trinajstić information content (AvgIpc) is 2.99. The number of ether oxygens (including phenoxy) is 2. The predicted octanol–water partition coefficient (Wildman–Crippen LogP) is 4.13. The number of sulfonamides is 1. The Morgan fingerprint density at radius 1 is 0.951 bits per heavy atom. The second-order valence-corrected chi connectivity index (χ2v) is 11.4. The van der Waals surface area contributed by atoms with Gasteiger partial charge in [-0.25, -0.2) is 12.8 Å². The molecule has 0 aliphatic carbocycles. The molecule has 3 aromatic carbocycles. The maximum atomic E-state index is 14.1. The van der Waals surface area contributed by atoms with Gasteiger partial charge in [-0.15, -0.1) is 0 Å². The second kappa shape index (κ2) is 13.5. The highest BCUT2D eigenvalue weighted by Crippen LogP contribution is 2.36. The van der Waals surface area contributed by atoms with Gasteiger partial charge in [-0.2, -0.15) is 0 Å². The molecule has 41 heavy (non-hydrogen) atoms. The van der Waals surface area contributed by atoms with Crippen LogP contribution >= 0.6 is 0 Å². The smallest absolute Gasteiger partial charge is 0.264 e. The number of amides is 2. The Kier molecular flexibility index (Phi) is 9.82. The van der Waals surface area contributed by atoms with Gasteiger partial charge in [0.05, 0.1) is 10.6 Å². The highest BCUT2D eigenvalue weighted by Gasteiger charge is 2.34. The quantitative estimate of drug-likeness (QED) is 0.344. The van der Waals surface area contributed by atoms with Gasteiger partial charge in [-0.05, 0) is 54.8 Å². The first-order valence-corrected chi connectivity index (χ1v) is 15.0. The van der Waals surface area contributed by atoms with Gasteiger partial charge < -0.3 is 19.7 Å². The maximum Gasteiger partial charge on any atom is 0.264 e. The van der Waals surface area contributed by atoms with Gasteiger partial charge in [-0.3, -0.25) is 13.9 Å². The van der Waals surface area contributed by atoms with E-state index < -0.39 is 34.3 Å². The normalized spacial score (nSPS) is 13.2. The van der Waals surface area contributed by atoms with E-state index in [-0.39, 0.29) is 29.5 Å². The summed E-state index contributed by atoms with van der Waals surface area (Å²) in [4.78, 5) is 28.5. The summed E-state index contributed by atoms with van der Waals surface area (Å²) in [5, 5.41) is 2.83. The molecule has 9 nitrogen and oxygen atoms in total. The summed E-state index contributed by atoms with van der Waals surface area (Å²) in [5.74, 6) is -0.537. The lowest BCUT2D eigenvalue weighted by molar-refractivity contribution is -0.140. The number of hydrogen-bond donors (Lipinski definition) is 1. The average molecular weight is 584 g/mol. The molecule has 1 aliphatic heterocycles. The van der Waals surface area contributed by atoms with Crippen LogP contribution in [-0.2, 0) is 26.2 Å². The summed E-state index contributed by atoms with van der Waals surface area (Å²) in [6.07, 6.45) is 0.999. The minimum atomic E-state index is -4.22.